The van der Waals surface area contributed by atoms with E-state index in [0.29, 0.717) is 9.54 Å². The van der Waals surface area contributed by atoms with E-state index in [9.17, 15) is 4.79 Å². The summed E-state index contributed by atoms with van der Waals surface area (Å²) in [6.07, 6.45) is 0. The highest BCUT2D eigenvalue weighted by atomic mass is 32.1. The number of hydrogen-bond acceptors (Lipinski definition) is 3. The molecule has 0 aliphatic carbocycles. The molecule has 1 heterocycles. The van der Waals surface area contributed by atoms with Crippen molar-refractivity contribution in [2.24, 2.45) is 7.05 Å². The first kappa shape index (κ1) is 7.36. The molecule has 0 spiro atoms. The minimum atomic E-state index is -0.367. The Morgan fingerprint density at radius 2 is 1.70 bits per heavy atom. The largest absolute Gasteiger partial charge is 0.327 e. The third-order valence-electron chi connectivity index (χ3n) is 1.05. The van der Waals surface area contributed by atoms with Gasteiger partial charge in [0, 0.05) is 7.05 Å². The summed E-state index contributed by atoms with van der Waals surface area (Å²) < 4.78 is 2.16. The van der Waals surface area contributed by atoms with Gasteiger partial charge in [0.2, 0.25) is 0 Å². The standard InChI is InChI=1S/C4H5N3OS2/c1-7-3(9)5-2(8)6-4(7)10/h1H3,(H2,5,6,8,9,10). The molecular weight excluding hydrogens is 170 g/mol. The van der Waals surface area contributed by atoms with Crippen molar-refractivity contribution in [1.29, 1.82) is 0 Å². The summed E-state index contributed by atoms with van der Waals surface area (Å²) >= 11 is 9.50. The van der Waals surface area contributed by atoms with Gasteiger partial charge in [0.25, 0.3) is 0 Å². The fourth-order valence-corrected chi connectivity index (χ4v) is 0.911. The van der Waals surface area contributed by atoms with Crippen LogP contribution in [-0.4, -0.2) is 14.5 Å². The van der Waals surface area contributed by atoms with Crippen LogP contribution in [0.5, 0.6) is 0 Å². The lowest BCUT2D eigenvalue weighted by Gasteiger charge is -1.94. The zero-order valence-corrected chi connectivity index (χ0v) is 6.80. The predicted molar refractivity (Wildman–Crippen MR) is 42.1 cm³/mol. The molecule has 6 heteroatoms. The summed E-state index contributed by atoms with van der Waals surface area (Å²) in [5.41, 5.74) is -0.367. The zero-order chi connectivity index (χ0) is 7.72. The van der Waals surface area contributed by atoms with Gasteiger partial charge in [0.15, 0.2) is 9.54 Å². The molecule has 10 heavy (non-hydrogen) atoms. The fourth-order valence-electron chi connectivity index (χ4n) is 0.485. The van der Waals surface area contributed by atoms with Crippen LogP contribution in [0.2, 0.25) is 0 Å². The first-order chi connectivity index (χ1) is 4.61. The molecule has 0 aromatic carbocycles. The Hall–Kier alpha value is -0.750. The van der Waals surface area contributed by atoms with E-state index in [1.165, 1.54) is 4.57 Å². The molecule has 0 bridgehead atoms. The van der Waals surface area contributed by atoms with Crippen LogP contribution in [0.4, 0.5) is 0 Å². The van der Waals surface area contributed by atoms with E-state index >= 15 is 0 Å². The quantitative estimate of drug-likeness (QED) is 0.564. The monoisotopic (exact) mass is 175 g/mol. The molecule has 0 radical (unpaired) electrons. The molecule has 2 N–H and O–H groups in total. The second kappa shape index (κ2) is 2.47. The Balaban J connectivity index is 3.80. The molecule has 0 unspecified atom stereocenters. The fraction of sp³-hybridized carbons (Fsp3) is 0.250. The number of rotatable bonds is 0. The molecular formula is C4H5N3OS2. The van der Waals surface area contributed by atoms with Crippen LogP contribution in [-0.2, 0) is 7.05 Å². The predicted octanol–water partition coefficient (Wildman–Crippen LogP) is 0.500. The van der Waals surface area contributed by atoms with Crippen molar-refractivity contribution < 1.29 is 0 Å². The van der Waals surface area contributed by atoms with E-state index in [1.807, 2.05) is 0 Å². The highest BCUT2D eigenvalue weighted by molar-refractivity contribution is 7.71. The molecule has 0 fully saturated rings. The van der Waals surface area contributed by atoms with Gasteiger partial charge in [-0.2, -0.15) is 0 Å². The highest BCUT2D eigenvalue weighted by Gasteiger charge is 1.87. The highest BCUT2D eigenvalue weighted by Crippen LogP contribution is 1.79. The van der Waals surface area contributed by atoms with Crippen LogP contribution in [0.25, 0.3) is 0 Å². The average molecular weight is 175 g/mol. The van der Waals surface area contributed by atoms with Crippen molar-refractivity contribution in [2.75, 3.05) is 0 Å². The topological polar surface area (TPSA) is 53.6 Å². The van der Waals surface area contributed by atoms with Crippen LogP contribution in [0.15, 0.2) is 4.79 Å². The molecule has 0 atom stereocenters. The van der Waals surface area contributed by atoms with E-state index in [0.717, 1.165) is 0 Å². The van der Waals surface area contributed by atoms with Crippen molar-refractivity contribution >= 4 is 24.4 Å². The smallest absolute Gasteiger partial charge is 0.298 e. The molecule has 0 amide bonds. The van der Waals surface area contributed by atoms with Crippen molar-refractivity contribution in [3.05, 3.63) is 20.0 Å². The third kappa shape index (κ3) is 1.22. The van der Waals surface area contributed by atoms with E-state index in [-0.39, 0.29) is 5.69 Å². The number of H-pyrrole nitrogens is 2. The summed E-state index contributed by atoms with van der Waals surface area (Å²) in [6, 6.07) is 0. The van der Waals surface area contributed by atoms with Crippen LogP contribution in [0.3, 0.4) is 0 Å². The van der Waals surface area contributed by atoms with E-state index in [4.69, 9.17) is 24.4 Å². The van der Waals surface area contributed by atoms with Gasteiger partial charge >= 0.3 is 5.69 Å². The first-order valence-electron chi connectivity index (χ1n) is 2.51. The van der Waals surface area contributed by atoms with E-state index < -0.39 is 0 Å². The van der Waals surface area contributed by atoms with Crippen LogP contribution in [0.1, 0.15) is 0 Å². The van der Waals surface area contributed by atoms with Gasteiger partial charge in [-0.05, 0) is 24.4 Å². The van der Waals surface area contributed by atoms with Gasteiger partial charge in [-0.3, -0.25) is 14.5 Å². The molecule has 1 aromatic heterocycles. The van der Waals surface area contributed by atoms with Gasteiger partial charge < -0.3 is 0 Å². The number of hydrogen-bond donors (Lipinski definition) is 2. The SMILES string of the molecule is Cn1c(=S)[nH]c(=O)[nH]c1=S. The maximum atomic E-state index is 10.6. The molecule has 0 aliphatic rings. The Morgan fingerprint density at radius 3 is 2.10 bits per heavy atom. The Labute approximate surface area is 66.5 Å². The van der Waals surface area contributed by atoms with Crippen LogP contribution < -0.4 is 5.69 Å². The Kier molecular flexibility index (Phi) is 1.82. The molecule has 1 aromatic rings. The normalized spacial score (nSPS) is 9.70. The Bertz CT molecular complexity index is 364. The maximum Gasteiger partial charge on any atom is 0.327 e. The van der Waals surface area contributed by atoms with Gasteiger partial charge in [0.05, 0.1) is 0 Å². The number of nitrogens with zero attached hydrogens (tertiary/aromatic N) is 1. The van der Waals surface area contributed by atoms with Crippen molar-refractivity contribution in [3.8, 4) is 0 Å². The number of aromatic nitrogens is 3. The molecule has 54 valence electrons. The zero-order valence-electron chi connectivity index (χ0n) is 5.17. The molecule has 4 nitrogen and oxygen atoms in total. The molecule has 0 saturated heterocycles. The van der Waals surface area contributed by atoms with E-state index in [2.05, 4.69) is 9.97 Å². The van der Waals surface area contributed by atoms with Gasteiger partial charge in [-0.25, -0.2) is 4.79 Å². The van der Waals surface area contributed by atoms with Crippen molar-refractivity contribution in [2.45, 2.75) is 0 Å². The summed E-state index contributed by atoms with van der Waals surface area (Å²) in [6.45, 7) is 0. The second-order valence-corrected chi connectivity index (χ2v) is 2.52. The van der Waals surface area contributed by atoms with Gasteiger partial charge in [-0.15, -0.1) is 0 Å². The number of nitrogens with one attached hydrogen (secondary N) is 2. The van der Waals surface area contributed by atoms with Crippen molar-refractivity contribution in [1.82, 2.24) is 14.5 Å². The average Bonchev–Trinajstić information content (AvgIpc) is 1.82. The molecule has 0 saturated carbocycles. The van der Waals surface area contributed by atoms with Gasteiger partial charge in [0.1, 0.15) is 0 Å². The lowest BCUT2D eigenvalue weighted by Crippen LogP contribution is -2.15. The molecule has 0 aliphatic heterocycles. The minimum Gasteiger partial charge on any atom is -0.298 e. The summed E-state index contributed by atoms with van der Waals surface area (Å²) in [5.74, 6) is 0. The first-order valence-corrected chi connectivity index (χ1v) is 3.32. The van der Waals surface area contributed by atoms with Crippen LogP contribution in [0, 0.1) is 9.54 Å². The third-order valence-corrected chi connectivity index (χ3v) is 1.80. The van der Waals surface area contributed by atoms with Crippen LogP contribution >= 0.6 is 24.4 Å². The van der Waals surface area contributed by atoms with E-state index in [1.54, 1.807) is 7.05 Å². The maximum absolute atomic E-state index is 10.6. The van der Waals surface area contributed by atoms with Crippen molar-refractivity contribution in [3.63, 3.8) is 0 Å². The number of aromatic amines is 2. The summed E-state index contributed by atoms with van der Waals surface area (Å²) in [7, 11) is 1.68. The minimum absolute atomic E-state index is 0.328. The Morgan fingerprint density at radius 1 is 1.30 bits per heavy atom. The lowest BCUT2D eigenvalue weighted by atomic mass is 11.0. The summed E-state index contributed by atoms with van der Waals surface area (Å²) in [4.78, 5) is 15.4. The lowest BCUT2D eigenvalue weighted by molar-refractivity contribution is 0.763. The molecule has 1 rings (SSSR count). The second-order valence-electron chi connectivity index (χ2n) is 1.75. The van der Waals surface area contributed by atoms with Gasteiger partial charge in [-0.1, -0.05) is 0 Å². The summed E-state index contributed by atoms with van der Waals surface area (Å²) in [5, 5.41) is 0.